The molecular formula is C38H45F2N6O7PS2. The Morgan fingerprint density at radius 2 is 1.84 bits per heavy atom. The van der Waals surface area contributed by atoms with Crippen molar-refractivity contribution in [2.75, 3.05) is 26.3 Å². The Morgan fingerprint density at radius 3 is 2.55 bits per heavy atom. The lowest BCUT2D eigenvalue weighted by atomic mass is 10.1. The maximum Gasteiger partial charge on any atom is 0.404 e. The lowest BCUT2D eigenvalue weighted by Gasteiger charge is -2.35. The molecule has 0 radical (unpaired) electrons. The van der Waals surface area contributed by atoms with Crippen molar-refractivity contribution in [2.45, 2.75) is 82.2 Å². The molecule has 18 heteroatoms. The number of aromatic nitrogens is 1. The molecule has 4 amide bonds. The first-order valence-corrected chi connectivity index (χ1v) is 21.8. The van der Waals surface area contributed by atoms with Gasteiger partial charge in [-0.2, -0.15) is 8.78 Å². The number of thiazole rings is 1. The maximum absolute atomic E-state index is 15.5. The Labute approximate surface area is 331 Å². The molecule has 0 aliphatic carbocycles. The third kappa shape index (κ3) is 9.19. The fraction of sp³-hybridized carbons (Fsp3) is 0.447. The van der Waals surface area contributed by atoms with E-state index in [0.29, 0.717) is 47.3 Å². The molecular weight excluding hydrogens is 786 g/mol. The van der Waals surface area contributed by atoms with Gasteiger partial charge in [0.2, 0.25) is 17.7 Å². The van der Waals surface area contributed by atoms with Crippen LogP contribution in [0, 0.1) is 0 Å². The SMILES string of the molecule is CCOP(=O)(OCC)C(F)(F)c1ccc2sc(C(=O)N[C@H]3CNCC[C@H]4CC[C@@H](C(=O)N[C@@H](CCC(N)=O)c5nc(Cc6ccccc6)cs5)N4C3=O)cc2c1. The van der Waals surface area contributed by atoms with Crippen LogP contribution in [0.1, 0.15) is 83.5 Å². The first-order chi connectivity index (χ1) is 26.8. The molecule has 0 unspecified atom stereocenters. The Hall–Kier alpha value is -4.12. The molecule has 2 fully saturated rings. The van der Waals surface area contributed by atoms with Crippen LogP contribution in [-0.2, 0) is 40.1 Å². The van der Waals surface area contributed by atoms with E-state index in [2.05, 4.69) is 16.0 Å². The number of hydrogen-bond donors (Lipinski definition) is 4. The summed E-state index contributed by atoms with van der Waals surface area (Å²) in [5.74, 6) is -1.91. The minimum Gasteiger partial charge on any atom is -0.370 e. The molecule has 2 aromatic carbocycles. The first kappa shape index (κ1) is 41.5. The molecule has 13 nitrogen and oxygen atoms in total. The summed E-state index contributed by atoms with van der Waals surface area (Å²) in [5.41, 5.74) is 2.87. The van der Waals surface area contributed by atoms with E-state index >= 15 is 8.78 Å². The summed E-state index contributed by atoms with van der Waals surface area (Å²) < 4.78 is 54.4. The molecule has 56 heavy (non-hydrogen) atoms. The van der Waals surface area contributed by atoms with Crippen molar-refractivity contribution in [3.05, 3.63) is 86.7 Å². The molecule has 4 aromatic rings. The van der Waals surface area contributed by atoms with Crippen molar-refractivity contribution >= 4 is 64.0 Å². The Bertz CT molecular complexity index is 2090. The highest BCUT2D eigenvalue weighted by Crippen LogP contribution is 2.67. The van der Waals surface area contributed by atoms with Crippen LogP contribution in [0.3, 0.4) is 0 Å². The number of carbonyl (C=O) groups is 4. The van der Waals surface area contributed by atoms with Crippen LogP contribution in [0.5, 0.6) is 0 Å². The second-order valence-electron chi connectivity index (χ2n) is 13.7. The van der Waals surface area contributed by atoms with Gasteiger partial charge in [0.15, 0.2) is 0 Å². The van der Waals surface area contributed by atoms with E-state index in [9.17, 15) is 23.7 Å². The van der Waals surface area contributed by atoms with E-state index in [4.69, 9.17) is 19.8 Å². The van der Waals surface area contributed by atoms with Crippen LogP contribution in [0.15, 0.2) is 60.0 Å². The van der Waals surface area contributed by atoms with Crippen LogP contribution < -0.4 is 21.7 Å². The van der Waals surface area contributed by atoms with Gasteiger partial charge in [0, 0.05) is 41.1 Å². The quantitative estimate of drug-likeness (QED) is 0.101. The molecule has 0 bridgehead atoms. The number of rotatable bonds is 16. The summed E-state index contributed by atoms with van der Waals surface area (Å²) in [6, 6.07) is 12.3. The number of carbonyl (C=O) groups excluding carboxylic acids is 4. The minimum absolute atomic E-state index is 0.0249. The fourth-order valence-electron chi connectivity index (χ4n) is 7.10. The Balaban J connectivity index is 1.17. The molecule has 2 aliphatic heterocycles. The number of amides is 4. The van der Waals surface area contributed by atoms with Crippen molar-refractivity contribution in [2.24, 2.45) is 5.73 Å². The summed E-state index contributed by atoms with van der Waals surface area (Å²) >= 11 is 2.44. The minimum atomic E-state index is -4.85. The van der Waals surface area contributed by atoms with E-state index in [0.717, 1.165) is 34.7 Å². The van der Waals surface area contributed by atoms with Crippen LogP contribution >= 0.6 is 30.3 Å². The average molecular weight is 831 g/mol. The molecule has 2 aliphatic rings. The van der Waals surface area contributed by atoms with E-state index < -0.39 is 54.7 Å². The largest absolute Gasteiger partial charge is 0.404 e. The predicted octanol–water partition coefficient (Wildman–Crippen LogP) is 5.84. The number of nitrogens with one attached hydrogen (secondary N) is 3. The molecule has 4 heterocycles. The van der Waals surface area contributed by atoms with Gasteiger partial charge in [0.25, 0.3) is 5.91 Å². The second kappa shape index (κ2) is 18.0. The standard InChI is InChI=1S/C38H45F2N6O7PS2/c1-3-52-54(51,53-4-2)38(39,40)25-10-14-31-24(19-25)20-32(56-31)35(49)45-29-21-42-17-16-27-11-13-30(46(27)37(29)50)34(48)44-28(12-15-33(41)47)36-43-26(22-55-36)18-23-8-6-5-7-9-23/h5-10,14,19-20,22,27-30,42H,3-4,11-13,15-18,21H2,1-2H3,(H2,41,47)(H,44,48)(H,45,49)/t27-,28+,29+,30+/m1/s1. The van der Waals surface area contributed by atoms with Crippen molar-refractivity contribution in [3.63, 3.8) is 0 Å². The topological polar surface area (TPSA) is 182 Å². The van der Waals surface area contributed by atoms with Gasteiger partial charge in [-0.1, -0.05) is 36.4 Å². The summed E-state index contributed by atoms with van der Waals surface area (Å²) in [5, 5.41) is 11.9. The number of nitrogens with two attached hydrogens (primary N) is 1. The van der Waals surface area contributed by atoms with Gasteiger partial charge in [-0.15, -0.1) is 22.7 Å². The number of hydrogen-bond acceptors (Lipinski definition) is 11. The predicted molar refractivity (Wildman–Crippen MR) is 210 cm³/mol. The van der Waals surface area contributed by atoms with E-state index in [1.807, 2.05) is 35.7 Å². The van der Waals surface area contributed by atoms with Crippen molar-refractivity contribution in [1.82, 2.24) is 25.8 Å². The van der Waals surface area contributed by atoms with Gasteiger partial charge < -0.3 is 35.6 Å². The van der Waals surface area contributed by atoms with Crippen molar-refractivity contribution < 1.29 is 41.6 Å². The molecule has 0 spiro atoms. The maximum atomic E-state index is 15.5. The normalized spacial score (nSPS) is 19.6. The van der Waals surface area contributed by atoms with Crippen molar-refractivity contribution in [3.8, 4) is 0 Å². The third-order valence-electron chi connectivity index (χ3n) is 9.79. The average Bonchev–Trinajstić information content (AvgIpc) is 3.92. The smallest absolute Gasteiger partial charge is 0.370 e. The first-order valence-electron chi connectivity index (χ1n) is 18.5. The van der Waals surface area contributed by atoms with E-state index in [1.165, 1.54) is 37.3 Å². The lowest BCUT2D eigenvalue weighted by molar-refractivity contribution is -0.142. The van der Waals surface area contributed by atoms with Crippen molar-refractivity contribution in [1.29, 1.82) is 0 Å². The summed E-state index contributed by atoms with van der Waals surface area (Å²) in [4.78, 5) is 60.2. The number of thiophene rings is 1. The molecule has 2 aromatic heterocycles. The van der Waals surface area contributed by atoms with Crippen LogP contribution in [0.2, 0.25) is 0 Å². The van der Waals surface area contributed by atoms with E-state index in [1.54, 1.807) is 4.90 Å². The van der Waals surface area contributed by atoms with Crippen LogP contribution in [0.25, 0.3) is 10.1 Å². The zero-order valence-electron chi connectivity index (χ0n) is 31.0. The van der Waals surface area contributed by atoms with Crippen LogP contribution in [0.4, 0.5) is 8.78 Å². The molecule has 0 saturated carbocycles. The highest BCUT2D eigenvalue weighted by atomic mass is 32.1. The Morgan fingerprint density at radius 1 is 1.09 bits per heavy atom. The molecule has 2 saturated heterocycles. The zero-order valence-corrected chi connectivity index (χ0v) is 33.5. The molecule has 4 atom stereocenters. The van der Waals surface area contributed by atoms with E-state index in [-0.39, 0.29) is 49.4 Å². The van der Waals surface area contributed by atoms with Gasteiger partial charge in [-0.3, -0.25) is 23.7 Å². The molecule has 300 valence electrons. The van der Waals surface area contributed by atoms with Gasteiger partial charge >= 0.3 is 13.3 Å². The number of primary amides is 1. The Kier molecular flexibility index (Phi) is 13.3. The summed E-state index contributed by atoms with van der Waals surface area (Å²) in [7, 11) is -4.85. The van der Waals surface area contributed by atoms with Gasteiger partial charge in [-0.05, 0) is 75.2 Å². The highest BCUT2D eigenvalue weighted by Gasteiger charge is 2.55. The number of nitrogens with zero attached hydrogens (tertiary/aromatic N) is 2. The lowest BCUT2D eigenvalue weighted by Crippen LogP contribution is -2.60. The van der Waals surface area contributed by atoms with Gasteiger partial charge in [-0.25, -0.2) is 4.98 Å². The number of fused-ring (bicyclic) bond motifs is 2. The number of benzene rings is 2. The highest BCUT2D eigenvalue weighted by molar-refractivity contribution is 7.54. The van der Waals surface area contributed by atoms with Crippen LogP contribution in [-0.4, -0.2) is 77.9 Å². The number of halogens is 2. The van der Waals surface area contributed by atoms with Gasteiger partial charge in [0.1, 0.15) is 17.1 Å². The fourth-order valence-corrected chi connectivity index (χ4v) is 10.5. The van der Waals surface area contributed by atoms with Gasteiger partial charge in [0.05, 0.1) is 29.8 Å². The molecule has 6 rings (SSSR count). The zero-order chi connectivity index (χ0) is 40.0. The monoisotopic (exact) mass is 830 g/mol. The number of alkyl halides is 2. The second-order valence-corrected chi connectivity index (χ2v) is 17.7. The summed E-state index contributed by atoms with van der Waals surface area (Å²) in [6.07, 6.45) is 2.46. The molecule has 5 N–H and O–H groups in total. The third-order valence-corrected chi connectivity index (χ3v) is 14.1. The summed E-state index contributed by atoms with van der Waals surface area (Å²) in [6.45, 7) is 3.07.